The molecule has 0 spiro atoms. The molecule has 0 heterocycles. The summed E-state index contributed by atoms with van der Waals surface area (Å²) in [5.41, 5.74) is 1.44. The SMILES string of the molecule is CCCCC(C)Nc1c(C#N)cccc1OC. The summed E-state index contributed by atoms with van der Waals surface area (Å²) in [6.45, 7) is 4.31. The maximum absolute atomic E-state index is 9.08. The Labute approximate surface area is 103 Å². The summed E-state index contributed by atoms with van der Waals surface area (Å²) < 4.78 is 5.28. The zero-order valence-corrected chi connectivity index (χ0v) is 10.8. The summed E-state index contributed by atoms with van der Waals surface area (Å²) in [6, 6.07) is 8.04. The molecule has 0 aromatic heterocycles. The molecular formula is C14H20N2O. The van der Waals surface area contributed by atoms with Gasteiger partial charge in [0.15, 0.2) is 0 Å². The number of methoxy groups -OCH3 is 1. The van der Waals surface area contributed by atoms with Crippen LogP contribution < -0.4 is 10.1 Å². The Morgan fingerprint density at radius 1 is 1.47 bits per heavy atom. The van der Waals surface area contributed by atoms with Crippen LogP contribution in [0.4, 0.5) is 5.69 Å². The van der Waals surface area contributed by atoms with E-state index < -0.39 is 0 Å². The predicted molar refractivity (Wildman–Crippen MR) is 70.3 cm³/mol. The highest BCUT2D eigenvalue weighted by Crippen LogP contribution is 2.28. The average Bonchev–Trinajstić information content (AvgIpc) is 2.36. The summed E-state index contributed by atoms with van der Waals surface area (Å²) in [5, 5.41) is 12.5. The molecule has 0 amide bonds. The van der Waals surface area contributed by atoms with Crippen LogP contribution >= 0.6 is 0 Å². The topological polar surface area (TPSA) is 45.0 Å². The summed E-state index contributed by atoms with van der Waals surface area (Å²) in [6.07, 6.45) is 3.47. The molecule has 0 aliphatic carbocycles. The molecule has 17 heavy (non-hydrogen) atoms. The van der Waals surface area contributed by atoms with Crippen molar-refractivity contribution in [3.63, 3.8) is 0 Å². The Hall–Kier alpha value is -1.69. The minimum Gasteiger partial charge on any atom is -0.495 e. The lowest BCUT2D eigenvalue weighted by molar-refractivity contribution is 0.415. The Bertz CT molecular complexity index is 396. The first-order valence-corrected chi connectivity index (χ1v) is 6.06. The van der Waals surface area contributed by atoms with Gasteiger partial charge in [0.05, 0.1) is 18.4 Å². The maximum atomic E-state index is 9.08. The number of nitrogens with one attached hydrogen (secondary N) is 1. The van der Waals surface area contributed by atoms with Crippen LogP contribution in [0.1, 0.15) is 38.7 Å². The van der Waals surface area contributed by atoms with Crippen LogP contribution in [0, 0.1) is 11.3 Å². The molecule has 1 aromatic carbocycles. The molecule has 92 valence electrons. The van der Waals surface area contributed by atoms with Gasteiger partial charge in [0.2, 0.25) is 0 Å². The number of unbranched alkanes of at least 4 members (excludes halogenated alkanes) is 1. The van der Waals surface area contributed by atoms with Crippen LogP contribution in [0.5, 0.6) is 5.75 Å². The smallest absolute Gasteiger partial charge is 0.143 e. The lowest BCUT2D eigenvalue weighted by Crippen LogP contribution is -2.16. The third kappa shape index (κ3) is 3.67. The van der Waals surface area contributed by atoms with Crippen LogP contribution in [0.2, 0.25) is 0 Å². The third-order valence-electron chi connectivity index (χ3n) is 2.75. The minimum atomic E-state index is 0.346. The molecule has 0 saturated carbocycles. The van der Waals surface area contributed by atoms with Crippen LogP contribution in [0.3, 0.4) is 0 Å². The number of hydrogen-bond donors (Lipinski definition) is 1. The van der Waals surface area contributed by atoms with Crippen molar-refractivity contribution in [3.8, 4) is 11.8 Å². The number of anilines is 1. The molecule has 0 aliphatic heterocycles. The molecule has 3 heteroatoms. The van der Waals surface area contributed by atoms with Gasteiger partial charge in [-0.25, -0.2) is 0 Å². The first-order chi connectivity index (χ1) is 8.22. The summed E-state index contributed by atoms with van der Waals surface area (Å²) in [5.74, 6) is 0.729. The van der Waals surface area contributed by atoms with Crippen molar-refractivity contribution in [2.75, 3.05) is 12.4 Å². The number of rotatable bonds is 6. The summed E-state index contributed by atoms with van der Waals surface area (Å²) in [4.78, 5) is 0. The van der Waals surface area contributed by atoms with Crippen molar-refractivity contribution < 1.29 is 4.74 Å². The van der Waals surface area contributed by atoms with Gasteiger partial charge in [0.1, 0.15) is 11.8 Å². The van der Waals surface area contributed by atoms with E-state index in [0.29, 0.717) is 11.6 Å². The molecular weight excluding hydrogens is 212 g/mol. The van der Waals surface area contributed by atoms with Crippen LogP contribution in [0.15, 0.2) is 18.2 Å². The van der Waals surface area contributed by atoms with E-state index in [-0.39, 0.29) is 0 Å². The lowest BCUT2D eigenvalue weighted by atomic mass is 10.1. The van der Waals surface area contributed by atoms with E-state index in [4.69, 9.17) is 10.00 Å². The van der Waals surface area contributed by atoms with Gasteiger partial charge in [-0.05, 0) is 25.5 Å². The highest BCUT2D eigenvalue weighted by atomic mass is 16.5. The average molecular weight is 232 g/mol. The maximum Gasteiger partial charge on any atom is 0.143 e. The number of ether oxygens (including phenoxy) is 1. The van der Waals surface area contributed by atoms with Crippen molar-refractivity contribution in [2.45, 2.75) is 39.2 Å². The molecule has 0 radical (unpaired) electrons. The second-order valence-electron chi connectivity index (χ2n) is 4.18. The second kappa shape index (κ2) is 6.80. The zero-order chi connectivity index (χ0) is 12.7. The van der Waals surface area contributed by atoms with E-state index in [0.717, 1.165) is 17.9 Å². The minimum absolute atomic E-state index is 0.346. The molecule has 1 unspecified atom stereocenters. The van der Waals surface area contributed by atoms with Gasteiger partial charge < -0.3 is 10.1 Å². The van der Waals surface area contributed by atoms with Crippen molar-refractivity contribution >= 4 is 5.69 Å². The number of para-hydroxylation sites is 1. The van der Waals surface area contributed by atoms with Gasteiger partial charge in [0.25, 0.3) is 0 Å². The van der Waals surface area contributed by atoms with Crippen molar-refractivity contribution in [3.05, 3.63) is 23.8 Å². The molecule has 1 rings (SSSR count). The number of benzene rings is 1. The Balaban J connectivity index is 2.84. The highest BCUT2D eigenvalue weighted by Gasteiger charge is 2.11. The van der Waals surface area contributed by atoms with Crippen molar-refractivity contribution in [1.29, 1.82) is 5.26 Å². The number of hydrogen-bond acceptors (Lipinski definition) is 3. The van der Waals surface area contributed by atoms with E-state index in [1.54, 1.807) is 13.2 Å². The monoisotopic (exact) mass is 232 g/mol. The van der Waals surface area contributed by atoms with Crippen LogP contribution in [-0.2, 0) is 0 Å². The summed E-state index contributed by atoms with van der Waals surface area (Å²) >= 11 is 0. The third-order valence-corrected chi connectivity index (χ3v) is 2.75. The van der Waals surface area contributed by atoms with E-state index in [1.807, 2.05) is 12.1 Å². The molecule has 0 saturated heterocycles. The van der Waals surface area contributed by atoms with Crippen molar-refractivity contribution in [2.24, 2.45) is 0 Å². The first kappa shape index (κ1) is 13.4. The fraction of sp³-hybridized carbons (Fsp3) is 0.500. The van der Waals surface area contributed by atoms with Gasteiger partial charge in [-0.3, -0.25) is 0 Å². The first-order valence-electron chi connectivity index (χ1n) is 6.06. The molecule has 1 aromatic rings. The highest BCUT2D eigenvalue weighted by molar-refractivity contribution is 5.66. The molecule has 3 nitrogen and oxygen atoms in total. The molecule has 1 atom stereocenters. The van der Waals surface area contributed by atoms with Crippen LogP contribution in [0.25, 0.3) is 0 Å². The van der Waals surface area contributed by atoms with E-state index in [2.05, 4.69) is 25.2 Å². The Morgan fingerprint density at radius 2 is 2.24 bits per heavy atom. The fourth-order valence-corrected chi connectivity index (χ4v) is 1.77. The molecule has 1 N–H and O–H groups in total. The van der Waals surface area contributed by atoms with E-state index >= 15 is 0 Å². The fourth-order valence-electron chi connectivity index (χ4n) is 1.77. The Morgan fingerprint density at radius 3 is 2.82 bits per heavy atom. The Kier molecular flexibility index (Phi) is 5.35. The molecule has 0 aliphatic rings. The van der Waals surface area contributed by atoms with Gasteiger partial charge in [-0.15, -0.1) is 0 Å². The van der Waals surface area contributed by atoms with E-state index in [9.17, 15) is 0 Å². The van der Waals surface area contributed by atoms with Gasteiger partial charge >= 0.3 is 0 Å². The lowest BCUT2D eigenvalue weighted by Gasteiger charge is -2.18. The quantitative estimate of drug-likeness (QED) is 0.815. The zero-order valence-electron chi connectivity index (χ0n) is 10.8. The molecule has 0 fully saturated rings. The van der Waals surface area contributed by atoms with Gasteiger partial charge in [-0.1, -0.05) is 25.8 Å². The number of nitrogens with zero attached hydrogens (tertiary/aromatic N) is 1. The van der Waals surface area contributed by atoms with Gasteiger partial charge in [0, 0.05) is 6.04 Å². The van der Waals surface area contributed by atoms with E-state index in [1.165, 1.54) is 12.8 Å². The summed E-state index contributed by atoms with van der Waals surface area (Å²) in [7, 11) is 1.62. The largest absolute Gasteiger partial charge is 0.495 e. The van der Waals surface area contributed by atoms with Crippen LogP contribution in [-0.4, -0.2) is 13.2 Å². The molecule has 0 bridgehead atoms. The standard InChI is InChI=1S/C14H20N2O/c1-4-5-7-11(2)16-14-12(10-15)8-6-9-13(14)17-3/h6,8-9,11,16H,4-5,7H2,1-3H3. The predicted octanol–water partition coefficient (Wildman–Crippen LogP) is 3.56. The van der Waals surface area contributed by atoms with Gasteiger partial charge in [-0.2, -0.15) is 5.26 Å². The second-order valence-corrected chi connectivity index (χ2v) is 4.18. The van der Waals surface area contributed by atoms with Crippen molar-refractivity contribution in [1.82, 2.24) is 0 Å². The number of nitriles is 1. The normalized spacial score (nSPS) is 11.6.